The van der Waals surface area contributed by atoms with Gasteiger partial charge in [0.05, 0.1) is 19.3 Å². The van der Waals surface area contributed by atoms with E-state index in [0.29, 0.717) is 13.1 Å². The van der Waals surface area contributed by atoms with E-state index < -0.39 is 17.9 Å². The highest BCUT2D eigenvalue weighted by Gasteiger charge is 2.49. The van der Waals surface area contributed by atoms with Gasteiger partial charge in [0.2, 0.25) is 0 Å². The summed E-state index contributed by atoms with van der Waals surface area (Å²) in [4.78, 5) is 15.0. The molecule has 2 heterocycles. The molecule has 1 atom stereocenters. The van der Waals surface area contributed by atoms with Crippen LogP contribution in [0.2, 0.25) is 0 Å². The lowest BCUT2D eigenvalue weighted by atomic mass is 9.77. The Morgan fingerprint density at radius 1 is 1.42 bits per heavy atom. The zero-order valence-electron chi connectivity index (χ0n) is 10.4. The van der Waals surface area contributed by atoms with Crippen molar-refractivity contribution in [2.75, 3.05) is 32.8 Å². The number of rotatable bonds is 4. The fourth-order valence-corrected chi connectivity index (χ4v) is 2.48. The highest BCUT2D eigenvalue weighted by atomic mass is 19.3. The van der Waals surface area contributed by atoms with E-state index in [4.69, 9.17) is 10.5 Å². The molecule has 0 aromatic heterocycles. The second kappa shape index (κ2) is 5.26. The van der Waals surface area contributed by atoms with Crippen molar-refractivity contribution in [2.24, 2.45) is 11.1 Å². The molecule has 0 aliphatic carbocycles. The number of nitrogens with two attached hydrogens (primary N) is 1. The molecule has 2 rings (SSSR count). The zero-order valence-corrected chi connectivity index (χ0v) is 10.4. The minimum atomic E-state index is -4.01. The summed E-state index contributed by atoms with van der Waals surface area (Å²) >= 11 is 0. The van der Waals surface area contributed by atoms with Crippen LogP contribution in [0.15, 0.2) is 0 Å². The summed E-state index contributed by atoms with van der Waals surface area (Å²) in [7, 11) is 0. The molecule has 8 heteroatoms. The summed E-state index contributed by atoms with van der Waals surface area (Å²) < 4.78 is 43.3. The molecule has 0 radical (unpaired) electrons. The maximum Gasteiger partial charge on any atom is 0.419 e. The van der Waals surface area contributed by atoms with Gasteiger partial charge in [0.1, 0.15) is 0 Å². The average Bonchev–Trinajstić information content (AvgIpc) is 2.36. The average molecular weight is 282 g/mol. The molecule has 0 amide bonds. The highest BCUT2D eigenvalue weighted by molar-refractivity contribution is 5.77. The van der Waals surface area contributed by atoms with Gasteiger partial charge >= 0.3 is 11.9 Å². The van der Waals surface area contributed by atoms with E-state index in [1.165, 1.54) is 0 Å². The molecule has 5 nitrogen and oxygen atoms in total. The van der Waals surface area contributed by atoms with Crippen LogP contribution in [0.5, 0.6) is 0 Å². The molecular formula is C11H17F3N2O3. The first-order valence-corrected chi connectivity index (χ1v) is 6.16. The van der Waals surface area contributed by atoms with Gasteiger partial charge in [0.25, 0.3) is 0 Å². The molecule has 0 aromatic carbocycles. The van der Waals surface area contributed by atoms with E-state index in [1.54, 1.807) is 4.90 Å². The summed E-state index contributed by atoms with van der Waals surface area (Å²) in [5.74, 6) is -6.25. The molecular weight excluding hydrogens is 265 g/mol. The number of halogens is 3. The summed E-state index contributed by atoms with van der Waals surface area (Å²) in [6.45, 7) is 2.52. The normalized spacial score (nSPS) is 24.8. The molecule has 2 N–H and O–H groups in total. The van der Waals surface area contributed by atoms with Gasteiger partial charge in [-0.3, -0.25) is 0 Å². The van der Waals surface area contributed by atoms with Crippen LogP contribution in [0.3, 0.4) is 0 Å². The number of carbonyl (C=O) groups is 1. The van der Waals surface area contributed by atoms with Crippen LogP contribution >= 0.6 is 0 Å². The molecule has 0 bridgehead atoms. The lowest BCUT2D eigenvalue weighted by Crippen LogP contribution is -2.57. The van der Waals surface area contributed by atoms with Crippen LogP contribution in [-0.4, -0.2) is 55.7 Å². The van der Waals surface area contributed by atoms with Gasteiger partial charge in [-0.1, -0.05) is 0 Å². The number of ether oxygens (including phenoxy) is 1. The number of alkyl halides is 2. The number of hydrogen-bond acceptors (Lipinski definition) is 5. The number of hydrogen-bond donors (Lipinski definition) is 1. The third-order valence-corrected chi connectivity index (χ3v) is 4.00. The predicted molar refractivity (Wildman–Crippen MR) is 59.0 cm³/mol. The van der Waals surface area contributed by atoms with E-state index in [1.807, 2.05) is 0 Å². The minimum Gasteiger partial charge on any atom is -0.380 e. The van der Waals surface area contributed by atoms with Gasteiger partial charge in [-0.2, -0.15) is 8.78 Å². The Labute approximate surface area is 108 Å². The van der Waals surface area contributed by atoms with Crippen LogP contribution < -0.4 is 5.73 Å². The molecule has 1 unspecified atom stereocenters. The van der Waals surface area contributed by atoms with E-state index in [0.717, 1.165) is 26.1 Å². The van der Waals surface area contributed by atoms with Crippen LogP contribution in [0.25, 0.3) is 0 Å². The van der Waals surface area contributed by atoms with Crippen molar-refractivity contribution in [1.29, 1.82) is 0 Å². The van der Waals surface area contributed by atoms with E-state index in [9.17, 15) is 18.1 Å². The van der Waals surface area contributed by atoms with E-state index in [-0.39, 0.29) is 12.0 Å². The van der Waals surface area contributed by atoms with Crippen molar-refractivity contribution in [2.45, 2.75) is 24.8 Å². The maximum absolute atomic E-state index is 13.3. The predicted octanol–water partition coefficient (Wildman–Crippen LogP) is 0.489. The van der Waals surface area contributed by atoms with Gasteiger partial charge in [-0.15, -0.1) is 0 Å². The lowest BCUT2D eigenvalue weighted by molar-refractivity contribution is -0.214. The Balaban J connectivity index is 1.83. The summed E-state index contributed by atoms with van der Waals surface area (Å²) in [6, 6.07) is -1.78. The molecule has 19 heavy (non-hydrogen) atoms. The molecule has 2 aliphatic heterocycles. The van der Waals surface area contributed by atoms with Crippen molar-refractivity contribution in [3.05, 3.63) is 0 Å². The van der Waals surface area contributed by atoms with E-state index in [2.05, 4.69) is 4.94 Å². The van der Waals surface area contributed by atoms with Crippen molar-refractivity contribution >= 4 is 5.97 Å². The summed E-state index contributed by atoms with van der Waals surface area (Å²) in [5.41, 5.74) is 5.48. The van der Waals surface area contributed by atoms with Crippen LogP contribution in [0, 0.1) is 5.41 Å². The molecule has 0 saturated carbocycles. The second-order valence-corrected chi connectivity index (χ2v) is 5.39. The molecule has 2 fully saturated rings. The first-order chi connectivity index (χ1) is 8.89. The van der Waals surface area contributed by atoms with Crippen molar-refractivity contribution in [1.82, 2.24) is 4.90 Å². The van der Waals surface area contributed by atoms with Gasteiger partial charge in [0, 0.05) is 16.5 Å². The van der Waals surface area contributed by atoms with Crippen molar-refractivity contribution in [3.8, 4) is 0 Å². The maximum atomic E-state index is 13.3. The van der Waals surface area contributed by atoms with E-state index >= 15 is 0 Å². The molecule has 2 aliphatic rings. The van der Waals surface area contributed by atoms with Gasteiger partial charge in [0.15, 0.2) is 0 Å². The Hall–Kier alpha value is -0.860. The number of nitrogens with zero attached hydrogens (tertiary/aromatic N) is 1. The van der Waals surface area contributed by atoms with Crippen molar-refractivity contribution < 1.29 is 27.8 Å². The molecule has 1 spiro atoms. The highest BCUT2D eigenvalue weighted by Crippen LogP contribution is 2.38. The lowest BCUT2D eigenvalue weighted by Gasteiger charge is -2.47. The number of carbonyl (C=O) groups excluding carboxylic acids is 1. The minimum absolute atomic E-state index is 0.168. The fraction of sp³-hybridized carbons (Fsp3) is 0.909. The Morgan fingerprint density at radius 2 is 2.00 bits per heavy atom. The number of piperidine rings is 1. The smallest absolute Gasteiger partial charge is 0.380 e. The van der Waals surface area contributed by atoms with Crippen LogP contribution in [0.1, 0.15) is 12.8 Å². The molecule has 0 aromatic rings. The summed E-state index contributed by atoms with van der Waals surface area (Å²) in [6.07, 6.45) is 1.72. The first kappa shape index (κ1) is 14.5. The Kier molecular flexibility index (Phi) is 4.03. The largest absolute Gasteiger partial charge is 0.419 e. The number of likely N-dealkylation sites (tertiary alicyclic amines) is 1. The quantitative estimate of drug-likeness (QED) is 0.813. The molecule has 2 saturated heterocycles. The SMILES string of the molecule is NC(CN1CCC2(CC1)COC2)C(F)(F)C(=O)OF. The van der Waals surface area contributed by atoms with Gasteiger partial charge in [-0.25, -0.2) is 9.74 Å². The third-order valence-electron chi connectivity index (χ3n) is 4.00. The Bertz CT molecular complexity index is 340. The second-order valence-electron chi connectivity index (χ2n) is 5.39. The topological polar surface area (TPSA) is 64.8 Å². The standard InChI is InChI=1S/C11H17F3N2O3/c12-11(13,9(17)19-14)8(15)5-16-3-1-10(2-4-16)6-18-7-10/h8H,1-7,15H2. The Morgan fingerprint density at radius 3 is 2.42 bits per heavy atom. The molecule has 110 valence electrons. The first-order valence-electron chi connectivity index (χ1n) is 6.16. The van der Waals surface area contributed by atoms with Crippen molar-refractivity contribution in [3.63, 3.8) is 0 Å². The monoisotopic (exact) mass is 282 g/mol. The zero-order chi connectivity index (χ0) is 14.1. The van der Waals surface area contributed by atoms with Crippen LogP contribution in [-0.2, 0) is 14.5 Å². The van der Waals surface area contributed by atoms with Crippen LogP contribution in [0.4, 0.5) is 13.3 Å². The van der Waals surface area contributed by atoms with Gasteiger partial charge in [-0.05, 0) is 25.9 Å². The van der Waals surface area contributed by atoms with Gasteiger partial charge < -0.3 is 15.4 Å². The third kappa shape index (κ3) is 2.85. The summed E-state index contributed by atoms with van der Waals surface area (Å²) in [5, 5.41) is 0. The fourth-order valence-electron chi connectivity index (χ4n) is 2.48.